The van der Waals surface area contributed by atoms with Crippen LogP contribution in [0.1, 0.15) is 17.8 Å². The number of hydrogen-bond donors (Lipinski definition) is 3. The molecule has 25 heavy (non-hydrogen) atoms. The van der Waals surface area contributed by atoms with Crippen molar-refractivity contribution in [3.05, 3.63) is 52.5 Å². The summed E-state index contributed by atoms with van der Waals surface area (Å²) in [4.78, 5) is 2.84. The largest absolute Gasteiger partial charge is 0.370 e. The maximum absolute atomic E-state index is 13.3. The van der Waals surface area contributed by atoms with Gasteiger partial charge in [0.05, 0.1) is 24.1 Å². The molecule has 0 amide bonds. The Morgan fingerprint density at radius 2 is 2.08 bits per heavy atom. The predicted molar refractivity (Wildman–Crippen MR) is 104 cm³/mol. The smallest absolute Gasteiger partial charge is 0.171 e. The van der Waals surface area contributed by atoms with Crippen molar-refractivity contribution in [2.45, 2.75) is 19.0 Å². The summed E-state index contributed by atoms with van der Waals surface area (Å²) in [5.74, 6) is -0.282. The molecule has 3 rings (SSSR count). The Hall–Kier alpha value is -1.54. The van der Waals surface area contributed by atoms with Gasteiger partial charge in [-0.3, -0.25) is 0 Å². The Kier molecular flexibility index (Phi) is 6.36. The number of thiophene rings is 1. The highest BCUT2D eigenvalue weighted by molar-refractivity contribution is 7.80. The van der Waals surface area contributed by atoms with E-state index in [9.17, 15) is 4.39 Å². The fourth-order valence-electron chi connectivity index (χ4n) is 3.24. The molecule has 0 unspecified atom stereocenters. The van der Waals surface area contributed by atoms with Crippen LogP contribution in [0.15, 0.2) is 41.8 Å². The van der Waals surface area contributed by atoms with E-state index in [-0.39, 0.29) is 11.9 Å². The van der Waals surface area contributed by atoms with E-state index < -0.39 is 0 Å². The fourth-order valence-corrected chi connectivity index (χ4v) is 4.53. The highest BCUT2D eigenvalue weighted by Crippen LogP contribution is 2.20. The molecule has 134 valence electrons. The fraction of sp³-hybridized carbons (Fsp3) is 0.389. The van der Waals surface area contributed by atoms with Crippen LogP contribution >= 0.6 is 23.6 Å². The Bertz CT molecular complexity index is 689. The third-order valence-electron chi connectivity index (χ3n) is 4.37. The molecule has 1 aromatic carbocycles. The van der Waals surface area contributed by atoms with Crippen LogP contribution in [0.4, 0.5) is 10.1 Å². The first-order valence-corrected chi connectivity index (χ1v) is 9.71. The van der Waals surface area contributed by atoms with Gasteiger partial charge in [0.1, 0.15) is 24.9 Å². The Morgan fingerprint density at radius 1 is 1.28 bits per heavy atom. The van der Waals surface area contributed by atoms with Crippen LogP contribution in [0.25, 0.3) is 0 Å². The molecular weight excluding hydrogens is 357 g/mol. The Balaban J connectivity index is 1.67. The molecule has 7 heteroatoms. The maximum Gasteiger partial charge on any atom is 0.171 e. The quantitative estimate of drug-likeness (QED) is 0.696. The van der Waals surface area contributed by atoms with Gasteiger partial charge in [-0.15, -0.1) is 11.3 Å². The number of rotatable bonds is 5. The molecule has 0 spiro atoms. The van der Waals surface area contributed by atoms with Crippen LogP contribution in [0.3, 0.4) is 0 Å². The average Bonchev–Trinajstić information content (AvgIpc) is 3.10. The van der Waals surface area contributed by atoms with E-state index in [4.69, 9.17) is 17.0 Å². The third-order valence-corrected chi connectivity index (χ3v) is 5.54. The van der Waals surface area contributed by atoms with Crippen LogP contribution in [0, 0.1) is 5.82 Å². The zero-order valence-electron chi connectivity index (χ0n) is 14.1. The van der Waals surface area contributed by atoms with Crippen LogP contribution in [0.5, 0.6) is 0 Å². The lowest BCUT2D eigenvalue weighted by atomic mass is 10.1. The molecule has 0 bridgehead atoms. The molecule has 0 aliphatic carbocycles. The van der Waals surface area contributed by atoms with Gasteiger partial charge in [0.15, 0.2) is 5.11 Å². The van der Waals surface area contributed by atoms with Crippen LogP contribution in [-0.2, 0) is 4.74 Å². The van der Waals surface area contributed by atoms with Gasteiger partial charge in [-0.2, -0.15) is 0 Å². The molecule has 3 N–H and O–H groups in total. The van der Waals surface area contributed by atoms with Gasteiger partial charge in [-0.1, -0.05) is 12.1 Å². The van der Waals surface area contributed by atoms with Gasteiger partial charge < -0.3 is 20.3 Å². The number of halogens is 1. The van der Waals surface area contributed by atoms with E-state index >= 15 is 0 Å². The molecule has 0 radical (unpaired) electrons. The number of hydrogen-bond acceptors (Lipinski definition) is 3. The van der Waals surface area contributed by atoms with Gasteiger partial charge in [0, 0.05) is 5.69 Å². The number of benzene rings is 1. The minimum Gasteiger partial charge on any atom is -0.370 e. The number of anilines is 1. The molecule has 0 saturated carbocycles. The molecule has 4 nitrogen and oxygen atoms in total. The first-order chi connectivity index (χ1) is 12.1. The monoisotopic (exact) mass is 380 g/mol. The summed E-state index contributed by atoms with van der Waals surface area (Å²) >= 11 is 7.20. The first-order valence-electron chi connectivity index (χ1n) is 8.42. The first kappa shape index (κ1) is 18.3. The zero-order chi connectivity index (χ0) is 17.6. The van der Waals surface area contributed by atoms with Crippen LogP contribution in [0.2, 0.25) is 0 Å². The van der Waals surface area contributed by atoms with Gasteiger partial charge in [0.2, 0.25) is 0 Å². The van der Waals surface area contributed by atoms with Crippen molar-refractivity contribution in [2.24, 2.45) is 0 Å². The van der Waals surface area contributed by atoms with Crippen molar-refractivity contribution < 1.29 is 14.0 Å². The SMILES string of the molecule is C[C@H](NC(=S)Nc1cccc(F)c1)[C@@H](c1cccs1)[NH+]1CCOCC1. The standard InChI is InChI=1S/C18H22FN3OS2/c1-13(20-18(24)21-15-5-2-4-14(19)12-15)17(16-6-3-11-25-16)22-7-9-23-10-8-22/h2-6,11-13,17H,7-10H2,1H3,(H2,20,21,24)/p+1/t13-,17-/m0/s1. The van der Waals surface area contributed by atoms with E-state index in [0.717, 1.165) is 26.3 Å². The lowest BCUT2D eigenvalue weighted by Crippen LogP contribution is -3.15. The Labute approximate surface area is 157 Å². The van der Waals surface area contributed by atoms with E-state index in [1.165, 1.54) is 21.9 Å². The van der Waals surface area contributed by atoms with E-state index in [1.807, 2.05) is 0 Å². The zero-order valence-corrected chi connectivity index (χ0v) is 15.8. The highest BCUT2D eigenvalue weighted by Gasteiger charge is 2.32. The van der Waals surface area contributed by atoms with E-state index in [2.05, 4.69) is 35.1 Å². The molecule has 2 heterocycles. The summed E-state index contributed by atoms with van der Waals surface area (Å²) in [6.07, 6.45) is 0. The van der Waals surface area contributed by atoms with E-state index in [1.54, 1.807) is 23.5 Å². The molecule has 1 aliphatic heterocycles. The number of quaternary nitrogens is 1. The number of morpholine rings is 1. The highest BCUT2D eigenvalue weighted by atomic mass is 32.1. The summed E-state index contributed by atoms with van der Waals surface area (Å²) in [6, 6.07) is 11.0. The van der Waals surface area contributed by atoms with Crippen molar-refractivity contribution >= 4 is 34.4 Å². The molecule has 1 saturated heterocycles. The molecule has 2 aromatic rings. The summed E-state index contributed by atoms with van der Waals surface area (Å²) in [7, 11) is 0. The van der Waals surface area contributed by atoms with Crippen molar-refractivity contribution in [3.63, 3.8) is 0 Å². The van der Waals surface area contributed by atoms with Crippen molar-refractivity contribution in [1.82, 2.24) is 5.32 Å². The lowest BCUT2D eigenvalue weighted by molar-refractivity contribution is -0.939. The number of nitrogens with one attached hydrogen (secondary N) is 3. The topological polar surface area (TPSA) is 37.7 Å². The average molecular weight is 381 g/mol. The summed E-state index contributed by atoms with van der Waals surface area (Å²) in [6.45, 7) is 5.69. The van der Waals surface area contributed by atoms with Gasteiger partial charge >= 0.3 is 0 Å². The normalized spacial score (nSPS) is 17.7. The third kappa shape index (κ3) is 4.98. The van der Waals surface area contributed by atoms with Crippen molar-refractivity contribution in [1.29, 1.82) is 0 Å². The van der Waals surface area contributed by atoms with Gasteiger partial charge in [-0.25, -0.2) is 4.39 Å². The second-order valence-electron chi connectivity index (χ2n) is 6.16. The second-order valence-corrected chi connectivity index (χ2v) is 7.55. The van der Waals surface area contributed by atoms with Crippen molar-refractivity contribution in [2.75, 3.05) is 31.6 Å². The maximum atomic E-state index is 13.3. The van der Waals surface area contributed by atoms with E-state index in [0.29, 0.717) is 16.8 Å². The summed E-state index contributed by atoms with van der Waals surface area (Å²) < 4.78 is 18.8. The predicted octanol–water partition coefficient (Wildman–Crippen LogP) is 2.22. The van der Waals surface area contributed by atoms with Gasteiger partial charge in [0.25, 0.3) is 0 Å². The lowest BCUT2D eigenvalue weighted by Gasteiger charge is -2.35. The summed E-state index contributed by atoms with van der Waals surface area (Å²) in [5, 5.41) is 9.06. The number of ether oxygens (including phenoxy) is 1. The molecule has 1 aliphatic rings. The molecule has 1 fully saturated rings. The second kappa shape index (κ2) is 8.71. The van der Waals surface area contributed by atoms with Gasteiger partial charge in [-0.05, 0) is 48.8 Å². The molecule has 2 atom stereocenters. The Morgan fingerprint density at radius 3 is 2.76 bits per heavy atom. The van der Waals surface area contributed by atoms with Crippen molar-refractivity contribution in [3.8, 4) is 0 Å². The molecular formula is C18H23FN3OS2+. The summed E-state index contributed by atoms with van der Waals surface area (Å²) in [5.41, 5.74) is 0.649. The number of thiocarbonyl (C=S) groups is 1. The van der Waals surface area contributed by atoms with Crippen LogP contribution in [-0.4, -0.2) is 37.5 Å². The molecule has 1 aromatic heterocycles. The minimum absolute atomic E-state index is 0.139. The van der Waals surface area contributed by atoms with Crippen LogP contribution < -0.4 is 15.5 Å². The minimum atomic E-state index is -0.282.